The quantitative estimate of drug-likeness (QED) is 0.604. The number of rotatable bonds is 7. The number of nitriles is 1. The molecule has 0 spiro atoms. The molecule has 0 bridgehead atoms. The van der Waals surface area contributed by atoms with E-state index in [-0.39, 0.29) is 0 Å². The van der Waals surface area contributed by atoms with Gasteiger partial charge < -0.3 is 15.8 Å². The summed E-state index contributed by atoms with van der Waals surface area (Å²) in [6, 6.07) is 17.6. The third-order valence-electron chi connectivity index (χ3n) is 3.07. The Morgan fingerprint density at radius 2 is 1.95 bits per heavy atom. The van der Waals surface area contributed by atoms with Gasteiger partial charge in [0.25, 0.3) is 0 Å². The highest BCUT2D eigenvalue weighted by molar-refractivity contribution is 5.57. The van der Waals surface area contributed by atoms with Crippen molar-refractivity contribution in [2.75, 3.05) is 24.2 Å². The van der Waals surface area contributed by atoms with Gasteiger partial charge in [-0.3, -0.25) is 0 Å². The van der Waals surface area contributed by atoms with E-state index in [2.05, 4.69) is 11.4 Å². The molecule has 0 atom stereocenters. The minimum absolute atomic E-state index is 0.332. The molecule has 21 heavy (non-hydrogen) atoms. The minimum Gasteiger partial charge on any atom is -0.494 e. The van der Waals surface area contributed by atoms with Crippen molar-refractivity contribution in [2.24, 2.45) is 0 Å². The van der Waals surface area contributed by atoms with Crippen molar-refractivity contribution in [1.29, 1.82) is 5.26 Å². The van der Waals surface area contributed by atoms with Gasteiger partial charge in [-0.1, -0.05) is 18.2 Å². The Morgan fingerprint density at radius 3 is 2.71 bits per heavy atom. The first-order valence-corrected chi connectivity index (χ1v) is 6.96. The summed E-state index contributed by atoms with van der Waals surface area (Å²) in [7, 11) is 0. The summed E-state index contributed by atoms with van der Waals surface area (Å²) in [6.45, 7) is 1.47. The predicted molar refractivity (Wildman–Crippen MR) is 85.2 cm³/mol. The Morgan fingerprint density at radius 1 is 1.14 bits per heavy atom. The number of nitrogens with zero attached hydrogens (tertiary/aromatic N) is 1. The third kappa shape index (κ3) is 4.73. The number of hydrogen-bond donors (Lipinski definition) is 2. The van der Waals surface area contributed by atoms with Crippen LogP contribution in [0.3, 0.4) is 0 Å². The first-order valence-electron chi connectivity index (χ1n) is 6.96. The van der Waals surface area contributed by atoms with Crippen molar-refractivity contribution in [3.8, 4) is 11.8 Å². The van der Waals surface area contributed by atoms with Crippen molar-refractivity contribution in [3.63, 3.8) is 0 Å². The lowest BCUT2D eigenvalue weighted by Gasteiger charge is -2.10. The standard InChI is InChI=1S/C17H19N3O/c18-10-9-14-13-15(7-8-17(14)19)20-11-4-12-21-16-5-2-1-3-6-16/h1-3,5-8,13,20H,4,9,11-12,19H2. The Labute approximate surface area is 125 Å². The zero-order valence-corrected chi connectivity index (χ0v) is 11.9. The number of benzene rings is 2. The Hall–Kier alpha value is -2.67. The second kappa shape index (κ2) is 7.81. The van der Waals surface area contributed by atoms with E-state index in [1.54, 1.807) is 0 Å². The van der Waals surface area contributed by atoms with E-state index < -0.39 is 0 Å². The van der Waals surface area contributed by atoms with Crippen molar-refractivity contribution in [3.05, 3.63) is 54.1 Å². The van der Waals surface area contributed by atoms with Crippen molar-refractivity contribution >= 4 is 11.4 Å². The number of nitrogen functional groups attached to an aromatic ring is 1. The van der Waals surface area contributed by atoms with E-state index in [0.717, 1.165) is 30.0 Å². The fourth-order valence-corrected chi connectivity index (χ4v) is 1.97. The number of hydrogen-bond acceptors (Lipinski definition) is 4. The van der Waals surface area contributed by atoms with Crippen LogP contribution < -0.4 is 15.8 Å². The van der Waals surface area contributed by atoms with Crippen molar-refractivity contribution < 1.29 is 4.74 Å². The maximum atomic E-state index is 8.75. The number of para-hydroxylation sites is 1. The van der Waals surface area contributed by atoms with E-state index in [0.29, 0.717) is 18.7 Å². The summed E-state index contributed by atoms with van der Waals surface area (Å²) in [5, 5.41) is 12.1. The zero-order valence-electron chi connectivity index (χ0n) is 11.9. The Kier molecular flexibility index (Phi) is 5.48. The van der Waals surface area contributed by atoms with Crippen LogP contribution in [0.4, 0.5) is 11.4 Å². The number of ether oxygens (including phenoxy) is 1. The highest BCUT2D eigenvalue weighted by Crippen LogP contribution is 2.18. The number of nitrogens with one attached hydrogen (secondary N) is 1. The molecule has 4 heteroatoms. The summed E-state index contributed by atoms with van der Waals surface area (Å²) in [6.07, 6.45) is 1.23. The van der Waals surface area contributed by atoms with Crippen LogP contribution in [-0.2, 0) is 6.42 Å². The molecule has 0 aliphatic carbocycles. The molecule has 0 aliphatic heterocycles. The molecule has 0 saturated carbocycles. The molecule has 0 heterocycles. The van der Waals surface area contributed by atoms with Gasteiger partial charge in [0.1, 0.15) is 5.75 Å². The zero-order chi connectivity index (χ0) is 14.9. The van der Waals surface area contributed by atoms with Gasteiger partial charge in [-0.05, 0) is 42.3 Å². The molecular formula is C17H19N3O. The molecule has 108 valence electrons. The van der Waals surface area contributed by atoms with E-state index in [9.17, 15) is 0 Å². The fraction of sp³-hybridized carbons (Fsp3) is 0.235. The van der Waals surface area contributed by atoms with Crippen LogP contribution in [0.1, 0.15) is 12.0 Å². The fourth-order valence-electron chi connectivity index (χ4n) is 1.97. The van der Waals surface area contributed by atoms with Gasteiger partial charge in [-0.15, -0.1) is 0 Å². The first kappa shape index (κ1) is 14.7. The highest BCUT2D eigenvalue weighted by Gasteiger charge is 2.00. The molecule has 0 aliphatic rings. The molecule has 2 aromatic rings. The molecule has 4 nitrogen and oxygen atoms in total. The summed E-state index contributed by atoms with van der Waals surface area (Å²) in [4.78, 5) is 0. The monoisotopic (exact) mass is 281 g/mol. The summed E-state index contributed by atoms with van der Waals surface area (Å²) in [5.41, 5.74) is 8.32. The molecule has 0 saturated heterocycles. The lowest BCUT2D eigenvalue weighted by atomic mass is 10.1. The van der Waals surface area contributed by atoms with E-state index in [1.165, 1.54) is 0 Å². The van der Waals surface area contributed by atoms with Crippen LogP contribution >= 0.6 is 0 Å². The van der Waals surface area contributed by atoms with Crippen LogP contribution in [0.15, 0.2) is 48.5 Å². The maximum Gasteiger partial charge on any atom is 0.119 e. The molecule has 2 rings (SSSR count). The normalized spacial score (nSPS) is 9.86. The number of anilines is 2. The summed E-state index contributed by atoms with van der Waals surface area (Å²) in [5.74, 6) is 0.890. The van der Waals surface area contributed by atoms with Crippen LogP contribution in [0, 0.1) is 11.3 Å². The number of nitrogens with two attached hydrogens (primary N) is 1. The van der Waals surface area contributed by atoms with Gasteiger partial charge in [-0.25, -0.2) is 0 Å². The van der Waals surface area contributed by atoms with Crippen molar-refractivity contribution in [2.45, 2.75) is 12.8 Å². The molecule has 0 radical (unpaired) electrons. The van der Waals surface area contributed by atoms with Gasteiger partial charge in [0.15, 0.2) is 0 Å². The Balaban J connectivity index is 1.74. The van der Waals surface area contributed by atoms with E-state index in [1.807, 2.05) is 48.5 Å². The minimum atomic E-state index is 0.332. The second-order valence-corrected chi connectivity index (χ2v) is 4.69. The van der Waals surface area contributed by atoms with Crippen LogP contribution in [0.5, 0.6) is 5.75 Å². The summed E-state index contributed by atoms with van der Waals surface area (Å²) >= 11 is 0. The maximum absolute atomic E-state index is 8.75. The molecule has 3 N–H and O–H groups in total. The van der Waals surface area contributed by atoms with E-state index in [4.69, 9.17) is 15.7 Å². The molecule has 0 fully saturated rings. The molecule has 0 amide bonds. The summed E-state index contributed by atoms with van der Waals surface area (Å²) < 4.78 is 5.62. The van der Waals surface area contributed by atoms with Crippen LogP contribution in [0.25, 0.3) is 0 Å². The average molecular weight is 281 g/mol. The smallest absolute Gasteiger partial charge is 0.119 e. The molecule has 0 aromatic heterocycles. The van der Waals surface area contributed by atoms with Gasteiger partial charge in [0.05, 0.1) is 19.1 Å². The van der Waals surface area contributed by atoms with Gasteiger partial charge in [0, 0.05) is 17.9 Å². The molecule has 2 aromatic carbocycles. The van der Waals surface area contributed by atoms with Crippen LogP contribution in [0.2, 0.25) is 0 Å². The van der Waals surface area contributed by atoms with E-state index >= 15 is 0 Å². The SMILES string of the molecule is N#CCc1cc(NCCCOc2ccccc2)ccc1N. The lowest BCUT2D eigenvalue weighted by Crippen LogP contribution is -2.07. The largest absolute Gasteiger partial charge is 0.494 e. The first-order chi connectivity index (χ1) is 10.3. The van der Waals surface area contributed by atoms with Gasteiger partial charge >= 0.3 is 0 Å². The van der Waals surface area contributed by atoms with Crippen molar-refractivity contribution in [1.82, 2.24) is 0 Å². The average Bonchev–Trinajstić information content (AvgIpc) is 2.51. The predicted octanol–water partition coefficient (Wildman–Crippen LogP) is 3.22. The van der Waals surface area contributed by atoms with Gasteiger partial charge in [-0.2, -0.15) is 5.26 Å². The highest BCUT2D eigenvalue weighted by atomic mass is 16.5. The van der Waals surface area contributed by atoms with Crippen LogP contribution in [-0.4, -0.2) is 13.2 Å². The van der Waals surface area contributed by atoms with Gasteiger partial charge in [0.2, 0.25) is 0 Å². The molecule has 0 unspecified atom stereocenters. The topological polar surface area (TPSA) is 71.1 Å². The Bertz CT molecular complexity index is 605. The third-order valence-corrected chi connectivity index (χ3v) is 3.07. The lowest BCUT2D eigenvalue weighted by molar-refractivity contribution is 0.315. The molecular weight excluding hydrogens is 262 g/mol. The second-order valence-electron chi connectivity index (χ2n) is 4.69.